The van der Waals surface area contributed by atoms with E-state index in [1.807, 2.05) is 19.1 Å². The molecule has 24 heavy (non-hydrogen) atoms. The molecule has 1 saturated heterocycles. The third kappa shape index (κ3) is 4.03. The van der Waals surface area contributed by atoms with E-state index in [0.717, 1.165) is 11.1 Å². The van der Waals surface area contributed by atoms with Crippen LogP contribution in [0, 0.1) is 12.8 Å². The maximum atomic E-state index is 12.1. The number of carbonyl (C=O) groups excluding carboxylic acids is 2. The van der Waals surface area contributed by atoms with Gasteiger partial charge in [-0.05, 0) is 32.4 Å². The van der Waals surface area contributed by atoms with Crippen molar-refractivity contribution in [2.75, 3.05) is 13.2 Å². The Morgan fingerprint density at radius 3 is 2.58 bits per heavy atom. The lowest BCUT2D eigenvalue weighted by Gasteiger charge is -2.18. The Morgan fingerprint density at radius 1 is 1.38 bits per heavy atom. The van der Waals surface area contributed by atoms with Crippen molar-refractivity contribution >= 4 is 11.9 Å². The molecular formula is C19H24O5. The van der Waals surface area contributed by atoms with Gasteiger partial charge in [0.2, 0.25) is 0 Å². The van der Waals surface area contributed by atoms with Crippen LogP contribution in [0.5, 0.6) is 5.75 Å². The number of benzene rings is 1. The van der Waals surface area contributed by atoms with Crippen molar-refractivity contribution in [3.8, 4) is 5.75 Å². The number of epoxide rings is 1. The van der Waals surface area contributed by atoms with Crippen molar-refractivity contribution in [2.24, 2.45) is 5.92 Å². The van der Waals surface area contributed by atoms with Gasteiger partial charge in [-0.15, -0.1) is 0 Å². The monoisotopic (exact) mass is 332 g/mol. The molecule has 0 spiro atoms. The lowest BCUT2D eigenvalue weighted by Crippen LogP contribution is -2.24. The first-order chi connectivity index (χ1) is 11.3. The van der Waals surface area contributed by atoms with E-state index >= 15 is 0 Å². The summed E-state index contributed by atoms with van der Waals surface area (Å²) >= 11 is 0. The van der Waals surface area contributed by atoms with Crippen LogP contribution in [0.15, 0.2) is 29.8 Å². The van der Waals surface area contributed by atoms with Gasteiger partial charge in [-0.25, -0.2) is 4.79 Å². The highest BCUT2D eigenvalue weighted by atomic mass is 16.6. The molecule has 2 rings (SSSR count). The molecule has 0 aliphatic carbocycles. The molecule has 1 fully saturated rings. The maximum absolute atomic E-state index is 12.1. The molecule has 1 atom stereocenters. The summed E-state index contributed by atoms with van der Waals surface area (Å²) in [7, 11) is 0. The standard InChI is InChI=1S/C19H24O5/c1-6-14(5)18(21)24-16-9-13(4)7-8-15(16)19(11-23-19)10-22-17(20)12(2)3/h6-9,12H,10-11H2,1-5H3/b14-6-. The van der Waals surface area contributed by atoms with Gasteiger partial charge in [-0.2, -0.15) is 0 Å². The number of ether oxygens (including phenoxy) is 3. The van der Waals surface area contributed by atoms with Gasteiger partial charge >= 0.3 is 11.9 Å². The first-order valence-electron chi connectivity index (χ1n) is 8.06. The molecular weight excluding hydrogens is 308 g/mol. The second kappa shape index (κ2) is 7.18. The van der Waals surface area contributed by atoms with E-state index in [9.17, 15) is 9.59 Å². The van der Waals surface area contributed by atoms with Crippen LogP contribution >= 0.6 is 0 Å². The van der Waals surface area contributed by atoms with E-state index in [0.29, 0.717) is 17.9 Å². The lowest BCUT2D eigenvalue weighted by atomic mass is 9.98. The molecule has 1 unspecified atom stereocenters. The first kappa shape index (κ1) is 18.2. The van der Waals surface area contributed by atoms with E-state index in [1.54, 1.807) is 39.8 Å². The number of aryl methyl sites for hydroxylation is 1. The Labute approximate surface area is 142 Å². The molecule has 1 aliphatic heterocycles. The van der Waals surface area contributed by atoms with Crippen LogP contribution in [-0.4, -0.2) is 25.2 Å². The van der Waals surface area contributed by atoms with Gasteiger partial charge in [-0.1, -0.05) is 32.1 Å². The van der Waals surface area contributed by atoms with Crippen LogP contribution in [0.4, 0.5) is 0 Å². The number of hydrogen-bond donors (Lipinski definition) is 0. The number of esters is 2. The summed E-state index contributed by atoms with van der Waals surface area (Å²) in [6, 6.07) is 5.58. The van der Waals surface area contributed by atoms with Crippen LogP contribution in [0.3, 0.4) is 0 Å². The topological polar surface area (TPSA) is 65.1 Å². The molecule has 1 heterocycles. The van der Waals surface area contributed by atoms with Crippen molar-refractivity contribution in [3.05, 3.63) is 41.0 Å². The molecule has 0 radical (unpaired) electrons. The minimum atomic E-state index is -0.725. The van der Waals surface area contributed by atoms with Crippen molar-refractivity contribution in [2.45, 2.75) is 40.2 Å². The van der Waals surface area contributed by atoms with Gasteiger partial charge in [0, 0.05) is 11.1 Å². The van der Waals surface area contributed by atoms with Crippen molar-refractivity contribution < 1.29 is 23.8 Å². The normalized spacial score (nSPS) is 20.0. The second-order valence-electron chi connectivity index (χ2n) is 6.41. The summed E-state index contributed by atoms with van der Waals surface area (Å²) in [5.74, 6) is -0.438. The predicted molar refractivity (Wildman–Crippen MR) is 89.7 cm³/mol. The van der Waals surface area contributed by atoms with Gasteiger partial charge in [0.05, 0.1) is 12.5 Å². The Balaban J connectivity index is 2.23. The van der Waals surface area contributed by atoms with E-state index in [4.69, 9.17) is 14.2 Å². The Kier molecular flexibility index (Phi) is 5.44. The quantitative estimate of drug-likeness (QED) is 0.346. The fraction of sp³-hybridized carbons (Fsp3) is 0.474. The fourth-order valence-electron chi connectivity index (χ4n) is 2.15. The summed E-state index contributed by atoms with van der Waals surface area (Å²) in [5, 5.41) is 0. The Hall–Kier alpha value is -2.14. The average molecular weight is 332 g/mol. The van der Waals surface area contributed by atoms with Crippen LogP contribution in [0.1, 0.15) is 38.8 Å². The molecule has 1 aromatic rings. The van der Waals surface area contributed by atoms with Crippen molar-refractivity contribution in [1.82, 2.24) is 0 Å². The molecule has 1 aromatic carbocycles. The molecule has 0 aromatic heterocycles. The third-order valence-corrected chi connectivity index (χ3v) is 4.00. The molecule has 0 amide bonds. The van der Waals surface area contributed by atoms with Crippen LogP contribution in [-0.2, 0) is 24.7 Å². The van der Waals surface area contributed by atoms with E-state index in [2.05, 4.69) is 0 Å². The average Bonchev–Trinajstić information content (AvgIpc) is 3.32. The number of allylic oxidation sites excluding steroid dienone is 1. The van der Waals surface area contributed by atoms with Gasteiger partial charge in [0.1, 0.15) is 12.4 Å². The maximum Gasteiger partial charge on any atom is 0.338 e. The highest BCUT2D eigenvalue weighted by Crippen LogP contribution is 2.44. The molecule has 0 saturated carbocycles. The lowest BCUT2D eigenvalue weighted by molar-refractivity contribution is -0.149. The molecule has 1 aliphatic rings. The van der Waals surface area contributed by atoms with Gasteiger partial charge in [-0.3, -0.25) is 4.79 Å². The third-order valence-electron chi connectivity index (χ3n) is 4.00. The summed E-state index contributed by atoms with van der Waals surface area (Å²) in [5.41, 5.74) is 1.49. The van der Waals surface area contributed by atoms with Crippen LogP contribution < -0.4 is 4.74 Å². The zero-order chi connectivity index (χ0) is 17.9. The Bertz CT molecular complexity index is 668. The van der Waals surface area contributed by atoms with Crippen LogP contribution in [0.2, 0.25) is 0 Å². The van der Waals surface area contributed by atoms with Crippen LogP contribution in [0.25, 0.3) is 0 Å². The van der Waals surface area contributed by atoms with Gasteiger partial charge < -0.3 is 14.2 Å². The summed E-state index contributed by atoms with van der Waals surface area (Å²) < 4.78 is 16.4. The largest absolute Gasteiger partial charge is 0.462 e. The molecule has 0 N–H and O–H groups in total. The van der Waals surface area contributed by atoms with Crippen molar-refractivity contribution in [1.29, 1.82) is 0 Å². The second-order valence-corrected chi connectivity index (χ2v) is 6.41. The van der Waals surface area contributed by atoms with Gasteiger partial charge in [0.15, 0.2) is 5.60 Å². The molecule has 5 heteroatoms. The highest BCUT2D eigenvalue weighted by molar-refractivity contribution is 5.89. The smallest absolute Gasteiger partial charge is 0.338 e. The van der Waals surface area contributed by atoms with E-state index < -0.39 is 11.6 Å². The zero-order valence-electron chi connectivity index (χ0n) is 14.8. The zero-order valence-corrected chi connectivity index (χ0v) is 14.8. The van der Waals surface area contributed by atoms with Gasteiger partial charge in [0.25, 0.3) is 0 Å². The predicted octanol–water partition coefficient (Wildman–Crippen LogP) is 3.29. The number of carbonyl (C=O) groups is 2. The number of hydrogen-bond acceptors (Lipinski definition) is 5. The van der Waals surface area contributed by atoms with E-state index in [1.165, 1.54) is 0 Å². The van der Waals surface area contributed by atoms with E-state index in [-0.39, 0.29) is 18.5 Å². The summed E-state index contributed by atoms with van der Waals surface area (Å²) in [6.45, 7) is 9.50. The SMILES string of the molecule is C/C=C(/C)C(=O)Oc1cc(C)ccc1C1(COC(=O)C(C)C)CO1. The highest BCUT2D eigenvalue weighted by Gasteiger charge is 2.50. The fourth-order valence-corrected chi connectivity index (χ4v) is 2.15. The minimum Gasteiger partial charge on any atom is -0.462 e. The Morgan fingerprint density at radius 2 is 2.04 bits per heavy atom. The summed E-state index contributed by atoms with van der Waals surface area (Å²) in [6.07, 6.45) is 1.70. The molecule has 130 valence electrons. The van der Waals surface area contributed by atoms with Crippen molar-refractivity contribution in [3.63, 3.8) is 0 Å². The number of rotatable bonds is 6. The summed E-state index contributed by atoms with van der Waals surface area (Å²) in [4.78, 5) is 23.8. The minimum absolute atomic E-state index is 0.111. The molecule has 0 bridgehead atoms. The first-order valence-corrected chi connectivity index (χ1v) is 8.06. The molecule has 5 nitrogen and oxygen atoms in total.